The van der Waals surface area contributed by atoms with Gasteiger partial charge in [0.25, 0.3) is 0 Å². The summed E-state index contributed by atoms with van der Waals surface area (Å²) < 4.78 is 18.6. The number of nitrogens with zero attached hydrogens (tertiary/aromatic N) is 2. The lowest BCUT2D eigenvalue weighted by Gasteiger charge is -2.04. The van der Waals surface area contributed by atoms with Gasteiger partial charge in [-0.2, -0.15) is 10.4 Å². The van der Waals surface area contributed by atoms with E-state index >= 15 is 0 Å². The number of nitriles is 1. The molecule has 5 nitrogen and oxygen atoms in total. The van der Waals surface area contributed by atoms with Crippen LogP contribution < -0.4 is 0 Å². The highest BCUT2D eigenvalue weighted by molar-refractivity contribution is 5.87. The molecular formula is C15H14FN3O2. The van der Waals surface area contributed by atoms with Crippen LogP contribution in [0.1, 0.15) is 40.7 Å². The van der Waals surface area contributed by atoms with E-state index in [1.165, 1.54) is 18.2 Å². The van der Waals surface area contributed by atoms with E-state index in [1.54, 1.807) is 6.07 Å². The number of carbonyl (C=O) groups is 1. The van der Waals surface area contributed by atoms with Gasteiger partial charge >= 0.3 is 5.97 Å². The fourth-order valence-electron chi connectivity index (χ4n) is 1.84. The monoisotopic (exact) mass is 287 g/mol. The second-order valence-electron chi connectivity index (χ2n) is 4.52. The first-order valence-corrected chi connectivity index (χ1v) is 6.54. The number of hydrogen-bond acceptors (Lipinski definition) is 4. The van der Waals surface area contributed by atoms with Crippen LogP contribution in [0.4, 0.5) is 4.39 Å². The Kier molecular flexibility index (Phi) is 4.67. The largest absolute Gasteiger partial charge is 0.456 e. The Balaban J connectivity index is 2.02. The standard InChI is InChI=1S/C15H14FN3O2/c1-2-3-12-7-14(19-18-12)15(20)21-9-11-6-10(8-17)4-5-13(11)16/h4-7H,2-3,9H2,1H3,(H,18,19). The number of aryl methyl sites for hydroxylation is 1. The first-order chi connectivity index (χ1) is 10.1. The second kappa shape index (κ2) is 6.66. The van der Waals surface area contributed by atoms with E-state index in [0.29, 0.717) is 5.56 Å². The summed E-state index contributed by atoms with van der Waals surface area (Å²) in [6, 6.07) is 7.43. The fraction of sp³-hybridized carbons (Fsp3) is 0.267. The highest BCUT2D eigenvalue weighted by Crippen LogP contribution is 2.12. The number of benzene rings is 1. The molecule has 0 saturated heterocycles. The lowest BCUT2D eigenvalue weighted by molar-refractivity contribution is 0.0462. The molecule has 0 unspecified atom stereocenters. The number of carbonyl (C=O) groups excluding carboxylic acids is 1. The molecule has 108 valence electrons. The minimum absolute atomic E-state index is 0.159. The molecule has 1 heterocycles. The van der Waals surface area contributed by atoms with Gasteiger partial charge in [0, 0.05) is 11.3 Å². The van der Waals surface area contributed by atoms with Gasteiger partial charge in [-0.1, -0.05) is 13.3 Å². The van der Waals surface area contributed by atoms with Crippen LogP contribution >= 0.6 is 0 Å². The van der Waals surface area contributed by atoms with Crippen molar-refractivity contribution in [2.75, 3.05) is 0 Å². The average Bonchev–Trinajstić information content (AvgIpc) is 2.95. The Hall–Kier alpha value is -2.68. The fourth-order valence-corrected chi connectivity index (χ4v) is 1.84. The molecule has 0 spiro atoms. The van der Waals surface area contributed by atoms with Crippen LogP contribution in [-0.4, -0.2) is 16.2 Å². The van der Waals surface area contributed by atoms with Crippen molar-refractivity contribution in [2.24, 2.45) is 0 Å². The molecule has 2 rings (SSSR count). The third kappa shape index (κ3) is 3.66. The number of H-pyrrole nitrogens is 1. The number of esters is 1. The van der Waals surface area contributed by atoms with Crippen molar-refractivity contribution in [3.05, 3.63) is 52.6 Å². The molecule has 0 fully saturated rings. The molecule has 21 heavy (non-hydrogen) atoms. The Morgan fingerprint density at radius 3 is 3.00 bits per heavy atom. The number of nitrogens with one attached hydrogen (secondary N) is 1. The van der Waals surface area contributed by atoms with E-state index in [4.69, 9.17) is 10.00 Å². The molecule has 2 aromatic rings. The van der Waals surface area contributed by atoms with Crippen molar-refractivity contribution in [1.82, 2.24) is 10.2 Å². The number of halogens is 1. The average molecular weight is 287 g/mol. The maximum absolute atomic E-state index is 13.5. The SMILES string of the molecule is CCCc1cc(C(=O)OCc2cc(C#N)ccc2F)n[nH]1. The topological polar surface area (TPSA) is 78.8 Å². The van der Waals surface area contributed by atoms with Crippen LogP contribution in [0.5, 0.6) is 0 Å². The van der Waals surface area contributed by atoms with Crippen molar-refractivity contribution in [2.45, 2.75) is 26.4 Å². The van der Waals surface area contributed by atoms with Gasteiger partial charge in [-0.3, -0.25) is 5.10 Å². The highest BCUT2D eigenvalue weighted by Gasteiger charge is 2.13. The van der Waals surface area contributed by atoms with Crippen molar-refractivity contribution < 1.29 is 13.9 Å². The Morgan fingerprint density at radius 1 is 1.48 bits per heavy atom. The molecule has 0 bridgehead atoms. The molecule has 0 atom stereocenters. The van der Waals surface area contributed by atoms with E-state index in [0.717, 1.165) is 18.5 Å². The maximum atomic E-state index is 13.5. The Morgan fingerprint density at radius 2 is 2.29 bits per heavy atom. The number of rotatable bonds is 5. The van der Waals surface area contributed by atoms with E-state index in [1.807, 2.05) is 13.0 Å². The third-order valence-corrected chi connectivity index (χ3v) is 2.89. The molecule has 1 aromatic heterocycles. The molecule has 0 amide bonds. The number of aromatic nitrogens is 2. The minimum Gasteiger partial charge on any atom is -0.456 e. The highest BCUT2D eigenvalue weighted by atomic mass is 19.1. The molecule has 1 aromatic carbocycles. The third-order valence-electron chi connectivity index (χ3n) is 2.89. The lowest BCUT2D eigenvalue weighted by atomic mass is 10.1. The predicted molar refractivity (Wildman–Crippen MR) is 72.8 cm³/mol. The molecule has 0 aliphatic rings. The summed E-state index contributed by atoms with van der Waals surface area (Å²) in [4.78, 5) is 11.8. The van der Waals surface area contributed by atoms with Crippen LogP contribution in [-0.2, 0) is 17.8 Å². The van der Waals surface area contributed by atoms with E-state index in [9.17, 15) is 9.18 Å². The quantitative estimate of drug-likeness (QED) is 0.857. The van der Waals surface area contributed by atoms with Crippen molar-refractivity contribution in [3.63, 3.8) is 0 Å². The lowest BCUT2D eigenvalue weighted by Crippen LogP contribution is -2.07. The summed E-state index contributed by atoms with van der Waals surface area (Å²) >= 11 is 0. The maximum Gasteiger partial charge on any atom is 0.359 e. The minimum atomic E-state index is -0.629. The molecule has 6 heteroatoms. The Labute approximate surface area is 121 Å². The summed E-state index contributed by atoms with van der Waals surface area (Å²) in [6.45, 7) is 1.78. The van der Waals surface area contributed by atoms with E-state index in [2.05, 4.69) is 10.2 Å². The van der Waals surface area contributed by atoms with Crippen molar-refractivity contribution in [3.8, 4) is 6.07 Å². The number of ether oxygens (including phenoxy) is 1. The van der Waals surface area contributed by atoms with Crippen molar-refractivity contribution >= 4 is 5.97 Å². The van der Waals surface area contributed by atoms with Gasteiger partial charge < -0.3 is 4.74 Å². The zero-order valence-electron chi connectivity index (χ0n) is 11.5. The molecular weight excluding hydrogens is 273 g/mol. The zero-order valence-corrected chi connectivity index (χ0v) is 11.5. The van der Waals surface area contributed by atoms with Crippen LogP contribution in [0, 0.1) is 17.1 Å². The molecule has 0 radical (unpaired) electrons. The van der Waals surface area contributed by atoms with Crippen LogP contribution in [0.25, 0.3) is 0 Å². The second-order valence-corrected chi connectivity index (χ2v) is 4.52. The summed E-state index contributed by atoms with van der Waals surface area (Å²) in [5.74, 6) is -1.15. The summed E-state index contributed by atoms with van der Waals surface area (Å²) in [6.07, 6.45) is 1.72. The van der Waals surface area contributed by atoms with Crippen LogP contribution in [0.2, 0.25) is 0 Å². The zero-order chi connectivity index (χ0) is 15.2. The summed E-state index contributed by atoms with van der Waals surface area (Å²) in [7, 11) is 0. The molecule has 0 aliphatic heterocycles. The van der Waals surface area contributed by atoms with Crippen LogP contribution in [0.15, 0.2) is 24.3 Å². The summed E-state index contributed by atoms with van der Waals surface area (Å²) in [5.41, 5.74) is 1.48. The van der Waals surface area contributed by atoms with Gasteiger partial charge in [-0.05, 0) is 30.7 Å². The van der Waals surface area contributed by atoms with Gasteiger partial charge in [-0.25, -0.2) is 9.18 Å². The van der Waals surface area contributed by atoms with Gasteiger partial charge in [0.15, 0.2) is 5.69 Å². The summed E-state index contributed by atoms with van der Waals surface area (Å²) in [5, 5.41) is 15.4. The number of hydrogen-bond donors (Lipinski definition) is 1. The Bertz CT molecular complexity index is 688. The van der Waals surface area contributed by atoms with Crippen LogP contribution in [0.3, 0.4) is 0 Å². The predicted octanol–water partition coefficient (Wildman–Crippen LogP) is 2.73. The van der Waals surface area contributed by atoms with E-state index in [-0.39, 0.29) is 17.9 Å². The van der Waals surface area contributed by atoms with E-state index < -0.39 is 11.8 Å². The number of aromatic amines is 1. The first-order valence-electron chi connectivity index (χ1n) is 6.54. The molecule has 0 aliphatic carbocycles. The molecule has 0 saturated carbocycles. The normalized spacial score (nSPS) is 10.1. The van der Waals surface area contributed by atoms with Gasteiger partial charge in [0.2, 0.25) is 0 Å². The smallest absolute Gasteiger partial charge is 0.359 e. The van der Waals surface area contributed by atoms with Gasteiger partial charge in [-0.15, -0.1) is 0 Å². The van der Waals surface area contributed by atoms with Gasteiger partial charge in [0.05, 0.1) is 11.6 Å². The molecule has 1 N–H and O–H groups in total. The van der Waals surface area contributed by atoms with Gasteiger partial charge in [0.1, 0.15) is 12.4 Å². The van der Waals surface area contributed by atoms with Crippen molar-refractivity contribution in [1.29, 1.82) is 5.26 Å². The first kappa shape index (κ1) is 14.7.